The van der Waals surface area contributed by atoms with E-state index >= 15 is 0 Å². The van der Waals surface area contributed by atoms with Gasteiger partial charge >= 0.3 is 0 Å². The van der Waals surface area contributed by atoms with Crippen molar-refractivity contribution in [2.45, 2.75) is 25.9 Å². The molecule has 2 unspecified atom stereocenters. The smallest absolute Gasteiger partial charge is 0.273 e. The van der Waals surface area contributed by atoms with Crippen molar-refractivity contribution in [3.8, 4) is 10.6 Å². The number of carbonyl (C=O) groups excluding carboxylic acids is 1. The summed E-state index contributed by atoms with van der Waals surface area (Å²) in [5.74, 6) is 0.117. The number of hydrogen-bond donors (Lipinski definition) is 1. The van der Waals surface area contributed by atoms with Gasteiger partial charge in [0.25, 0.3) is 5.91 Å². The summed E-state index contributed by atoms with van der Waals surface area (Å²) in [5.41, 5.74) is 1.40. The maximum Gasteiger partial charge on any atom is 0.273 e. The SMILES string of the molecule is CC(O)C1CCCN(C(=O)c2csc(-c3cnn(C)c3)n2)C1. The third kappa shape index (κ3) is 3.05. The van der Waals surface area contributed by atoms with E-state index in [1.54, 1.807) is 23.2 Å². The lowest BCUT2D eigenvalue weighted by atomic mass is 9.93. The second kappa shape index (κ2) is 6.18. The van der Waals surface area contributed by atoms with Crippen LogP contribution in [0.4, 0.5) is 0 Å². The average molecular weight is 320 g/mol. The first-order valence-corrected chi connectivity index (χ1v) is 8.34. The Balaban J connectivity index is 1.74. The Bertz CT molecular complexity index is 664. The molecule has 0 radical (unpaired) electrons. The van der Waals surface area contributed by atoms with Gasteiger partial charge in [0.2, 0.25) is 0 Å². The lowest BCUT2D eigenvalue weighted by Crippen LogP contribution is -2.43. The molecule has 1 aliphatic rings. The van der Waals surface area contributed by atoms with Gasteiger partial charge in [-0.1, -0.05) is 0 Å². The van der Waals surface area contributed by atoms with Crippen molar-refractivity contribution in [1.82, 2.24) is 19.7 Å². The lowest BCUT2D eigenvalue weighted by molar-refractivity contribution is 0.0462. The highest BCUT2D eigenvalue weighted by atomic mass is 32.1. The molecule has 2 atom stereocenters. The first-order chi connectivity index (χ1) is 10.5. The molecule has 1 saturated heterocycles. The fraction of sp³-hybridized carbons (Fsp3) is 0.533. The normalized spacial score (nSPS) is 20.1. The van der Waals surface area contributed by atoms with Crippen molar-refractivity contribution < 1.29 is 9.90 Å². The summed E-state index contributed by atoms with van der Waals surface area (Å²) in [7, 11) is 1.85. The van der Waals surface area contributed by atoms with E-state index in [9.17, 15) is 9.90 Å². The van der Waals surface area contributed by atoms with Crippen LogP contribution in [0.1, 0.15) is 30.3 Å². The van der Waals surface area contributed by atoms with Crippen LogP contribution in [0.15, 0.2) is 17.8 Å². The number of carbonyl (C=O) groups is 1. The number of nitrogens with zero attached hydrogens (tertiary/aromatic N) is 4. The number of piperidine rings is 1. The predicted octanol–water partition coefficient (Wildman–Crippen LogP) is 1.78. The van der Waals surface area contributed by atoms with E-state index in [0.717, 1.165) is 30.0 Å². The molecule has 6 nitrogen and oxygen atoms in total. The van der Waals surface area contributed by atoms with Gasteiger partial charge in [0, 0.05) is 43.2 Å². The molecule has 2 aromatic rings. The van der Waals surface area contributed by atoms with Gasteiger partial charge in [-0.05, 0) is 19.8 Å². The molecular weight excluding hydrogens is 300 g/mol. The highest BCUT2D eigenvalue weighted by Gasteiger charge is 2.28. The minimum atomic E-state index is -0.378. The zero-order chi connectivity index (χ0) is 15.7. The number of hydrogen-bond acceptors (Lipinski definition) is 5. The molecule has 2 aromatic heterocycles. The third-order valence-electron chi connectivity index (χ3n) is 4.10. The van der Waals surface area contributed by atoms with Crippen LogP contribution >= 0.6 is 11.3 Å². The molecular formula is C15H20N4O2S. The van der Waals surface area contributed by atoms with Gasteiger partial charge in [-0.25, -0.2) is 4.98 Å². The maximum atomic E-state index is 12.6. The monoisotopic (exact) mass is 320 g/mol. The standard InChI is InChI=1S/C15H20N4O2S/c1-10(20)11-4-3-5-19(8-11)15(21)13-9-22-14(17-13)12-6-16-18(2)7-12/h6-7,9-11,20H,3-5,8H2,1-2H3. The Kier molecular flexibility index (Phi) is 4.26. The molecule has 0 saturated carbocycles. The molecule has 118 valence electrons. The molecule has 3 rings (SSSR count). The second-order valence-electron chi connectivity index (χ2n) is 5.83. The van der Waals surface area contributed by atoms with Crippen LogP contribution in [0.3, 0.4) is 0 Å². The summed E-state index contributed by atoms with van der Waals surface area (Å²) in [6.07, 6.45) is 5.16. The Morgan fingerprint density at radius 3 is 3.05 bits per heavy atom. The van der Waals surface area contributed by atoms with Crippen molar-refractivity contribution in [3.05, 3.63) is 23.5 Å². The van der Waals surface area contributed by atoms with Gasteiger partial charge < -0.3 is 10.0 Å². The minimum Gasteiger partial charge on any atom is -0.393 e. The summed E-state index contributed by atoms with van der Waals surface area (Å²) in [5, 5.41) is 16.5. The molecule has 1 amide bonds. The zero-order valence-corrected chi connectivity index (χ0v) is 13.6. The van der Waals surface area contributed by atoms with Crippen LogP contribution in [0.5, 0.6) is 0 Å². The van der Waals surface area contributed by atoms with Crippen molar-refractivity contribution in [2.75, 3.05) is 13.1 Å². The quantitative estimate of drug-likeness (QED) is 0.936. The molecule has 3 heterocycles. The van der Waals surface area contributed by atoms with Crippen LogP contribution in [0, 0.1) is 5.92 Å². The number of thiazole rings is 1. The average Bonchev–Trinajstić information content (AvgIpc) is 3.15. The van der Waals surface area contributed by atoms with Crippen molar-refractivity contribution in [3.63, 3.8) is 0 Å². The van der Waals surface area contributed by atoms with Gasteiger partial charge in [-0.3, -0.25) is 9.48 Å². The van der Waals surface area contributed by atoms with Crippen LogP contribution < -0.4 is 0 Å². The van der Waals surface area contributed by atoms with Crippen LogP contribution in [-0.2, 0) is 7.05 Å². The summed E-state index contributed by atoms with van der Waals surface area (Å²) in [6.45, 7) is 3.14. The van der Waals surface area contributed by atoms with Crippen LogP contribution in [0.2, 0.25) is 0 Å². The minimum absolute atomic E-state index is 0.0447. The number of rotatable bonds is 3. The van der Waals surface area contributed by atoms with E-state index in [4.69, 9.17) is 0 Å². The van der Waals surface area contributed by atoms with Gasteiger partial charge in [0.05, 0.1) is 12.3 Å². The van der Waals surface area contributed by atoms with Crippen molar-refractivity contribution >= 4 is 17.2 Å². The fourth-order valence-electron chi connectivity index (χ4n) is 2.79. The van der Waals surface area contributed by atoms with E-state index in [0.29, 0.717) is 12.2 Å². The first-order valence-electron chi connectivity index (χ1n) is 7.46. The van der Waals surface area contributed by atoms with Gasteiger partial charge in [-0.15, -0.1) is 11.3 Å². The number of aromatic nitrogens is 3. The summed E-state index contributed by atoms with van der Waals surface area (Å²) in [4.78, 5) is 18.8. The van der Waals surface area contributed by atoms with Crippen molar-refractivity contribution in [2.24, 2.45) is 13.0 Å². The van der Waals surface area contributed by atoms with Crippen molar-refractivity contribution in [1.29, 1.82) is 0 Å². The van der Waals surface area contributed by atoms with E-state index in [-0.39, 0.29) is 17.9 Å². The highest BCUT2D eigenvalue weighted by molar-refractivity contribution is 7.13. The number of aliphatic hydroxyl groups excluding tert-OH is 1. The molecule has 1 aliphatic heterocycles. The molecule has 0 bridgehead atoms. The topological polar surface area (TPSA) is 71.2 Å². The lowest BCUT2D eigenvalue weighted by Gasteiger charge is -2.33. The summed E-state index contributed by atoms with van der Waals surface area (Å²) in [6, 6.07) is 0. The van der Waals surface area contributed by atoms with E-state index in [1.165, 1.54) is 11.3 Å². The highest BCUT2D eigenvalue weighted by Crippen LogP contribution is 2.25. The molecule has 0 aromatic carbocycles. The van der Waals surface area contributed by atoms with Gasteiger partial charge in [0.1, 0.15) is 10.7 Å². The Morgan fingerprint density at radius 2 is 2.36 bits per heavy atom. The number of aryl methyl sites for hydroxylation is 1. The van der Waals surface area contributed by atoms with Crippen LogP contribution in [-0.4, -0.2) is 49.9 Å². The summed E-state index contributed by atoms with van der Waals surface area (Å²) < 4.78 is 1.72. The van der Waals surface area contributed by atoms with E-state index in [2.05, 4.69) is 10.1 Å². The molecule has 1 fully saturated rings. The Hall–Kier alpha value is -1.73. The molecule has 1 N–H and O–H groups in total. The van der Waals surface area contributed by atoms with E-state index in [1.807, 2.05) is 18.1 Å². The molecule has 0 aliphatic carbocycles. The maximum absolute atomic E-state index is 12.6. The zero-order valence-electron chi connectivity index (χ0n) is 12.8. The summed E-state index contributed by atoms with van der Waals surface area (Å²) >= 11 is 1.45. The van der Waals surface area contributed by atoms with E-state index < -0.39 is 0 Å². The van der Waals surface area contributed by atoms with Crippen LogP contribution in [0.25, 0.3) is 10.6 Å². The number of aliphatic hydroxyl groups is 1. The first kappa shape index (κ1) is 15.2. The van der Waals surface area contributed by atoms with Gasteiger partial charge in [-0.2, -0.15) is 5.10 Å². The molecule has 7 heteroatoms. The fourth-order valence-corrected chi connectivity index (χ4v) is 3.56. The molecule has 22 heavy (non-hydrogen) atoms. The largest absolute Gasteiger partial charge is 0.393 e. The molecule has 0 spiro atoms. The second-order valence-corrected chi connectivity index (χ2v) is 6.69. The third-order valence-corrected chi connectivity index (χ3v) is 4.99. The number of likely N-dealkylation sites (tertiary alicyclic amines) is 1. The van der Waals surface area contributed by atoms with Gasteiger partial charge in [0.15, 0.2) is 0 Å². The number of amides is 1. The Morgan fingerprint density at radius 1 is 1.55 bits per heavy atom. The predicted molar refractivity (Wildman–Crippen MR) is 84.6 cm³/mol. The Labute approximate surface area is 133 Å².